The summed E-state index contributed by atoms with van der Waals surface area (Å²) >= 11 is 0. The summed E-state index contributed by atoms with van der Waals surface area (Å²) in [7, 11) is 0. The van der Waals surface area contributed by atoms with Crippen LogP contribution in [0.1, 0.15) is 39.8 Å². The maximum absolute atomic E-state index is 12.3. The third-order valence-corrected chi connectivity index (χ3v) is 5.94. The van der Waals surface area contributed by atoms with Crippen molar-refractivity contribution in [1.82, 2.24) is 0 Å². The molecule has 2 aromatic carbocycles. The molecule has 0 amide bonds. The molecule has 2 heterocycles. The van der Waals surface area contributed by atoms with Crippen molar-refractivity contribution in [3.63, 3.8) is 0 Å². The second-order valence-electron chi connectivity index (χ2n) is 7.83. The van der Waals surface area contributed by atoms with Crippen LogP contribution >= 0.6 is 0 Å². The molecule has 27 heavy (non-hydrogen) atoms. The summed E-state index contributed by atoms with van der Waals surface area (Å²) in [6.45, 7) is 7.55. The Labute approximate surface area is 158 Å². The van der Waals surface area contributed by atoms with Gasteiger partial charge in [0.25, 0.3) is 0 Å². The van der Waals surface area contributed by atoms with Crippen molar-refractivity contribution >= 4 is 16.7 Å². The van der Waals surface area contributed by atoms with Crippen LogP contribution in [-0.4, -0.2) is 6.73 Å². The first-order valence-corrected chi connectivity index (χ1v) is 9.59. The van der Waals surface area contributed by atoms with Crippen molar-refractivity contribution in [2.75, 3.05) is 11.6 Å². The Balaban J connectivity index is 1.64. The zero-order chi connectivity index (χ0) is 18.7. The minimum atomic E-state index is -0.175. The van der Waals surface area contributed by atoms with Crippen LogP contribution in [0.15, 0.2) is 33.5 Å². The molecule has 0 fully saturated rings. The van der Waals surface area contributed by atoms with Gasteiger partial charge in [0.1, 0.15) is 11.3 Å². The zero-order valence-corrected chi connectivity index (χ0v) is 16.0. The van der Waals surface area contributed by atoms with E-state index in [0.717, 1.165) is 53.6 Å². The molecular weight excluding hydrogens is 338 g/mol. The van der Waals surface area contributed by atoms with E-state index in [2.05, 4.69) is 43.0 Å². The van der Waals surface area contributed by atoms with E-state index in [1.165, 1.54) is 22.4 Å². The summed E-state index contributed by atoms with van der Waals surface area (Å²) in [5, 5.41) is 1.09. The number of ether oxygens (including phenoxy) is 1. The highest BCUT2D eigenvalue weighted by Gasteiger charge is 2.26. The standard InChI is InChI=1S/C23H23NO3/c1-13-7-8-20(14(2)9-13)24-11-16-10-19-17-5-4-6-18(17)23(25)27-22(19)15(3)21(16)26-12-24/h7-10H,4-6,11-12H2,1-3H3. The Morgan fingerprint density at radius 3 is 2.67 bits per heavy atom. The number of hydrogen-bond acceptors (Lipinski definition) is 4. The summed E-state index contributed by atoms with van der Waals surface area (Å²) in [5.74, 6) is 0.865. The second kappa shape index (κ2) is 5.88. The third-order valence-electron chi connectivity index (χ3n) is 5.94. The lowest BCUT2D eigenvalue weighted by molar-refractivity contribution is 0.287. The fourth-order valence-electron chi connectivity index (χ4n) is 4.65. The summed E-state index contributed by atoms with van der Waals surface area (Å²) in [6, 6.07) is 8.70. The minimum Gasteiger partial charge on any atom is -0.472 e. The molecule has 3 aromatic rings. The SMILES string of the molecule is Cc1ccc(N2COc3c(cc4c5c(c(=O)oc4c3C)CCC5)C2)c(C)c1. The van der Waals surface area contributed by atoms with Crippen molar-refractivity contribution < 1.29 is 9.15 Å². The normalized spacial score (nSPS) is 15.6. The van der Waals surface area contributed by atoms with Gasteiger partial charge in [0.05, 0.1) is 0 Å². The lowest BCUT2D eigenvalue weighted by atomic mass is 9.98. The molecule has 0 bridgehead atoms. The molecule has 5 rings (SSSR count). The highest BCUT2D eigenvalue weighted by Crippen LogP contribution is 2.39. The monoisotopic (exact) mass is 361 g/mol. The Hall–Kier alpha value is -2.75. The van der Waals surface area contributed by atoms with E-state index in [-0.39, 0.29) is 5.63 Å². The molecule has 0 atom stereocenters. The molecule has 0 saturated carbocycles. The topological polar surface area (TPSA) is 42.7 Å². The first-order valence-electron chi connectivity index (χ1n) is 9.59. The highest BCUT2D eigenvalue weighted by atomic mass is 16.5. The van der Waals surface area contributed by atoms with Crippen LogP contribution < -0.4 is 15.3 Å². The molecular formula is C23H23NO3. The number of aryl methyl sites for hydroxylation is 4. The molecule has 0 N–H and O–H groups in total. The molecule has 1 aliphatic carbocycles. The van der Waals surface area contributed by atoms with E-state index >= 15 is 0 Å². The Bertz CT molecular complexity index is 1140. The number of benzene rings is 2. The van der Waals surface area contributed by atoms with Gasteiger partial charge in [-0.1, -0.05) is 17.7 Å². The number of nitrogens with zero attached hydrogens (tertiary/aromatic N) is 1. The van der Waals surface area contributed by atoms with E-state index in [0.29, 0.717) is 12.3 Å². The van der Waals surface area contributed by atoms with Gasteiger partial charge in [-0.05, 0) is 63.3 Å². The van der Waals surface area contributed by atoms with Gasteiger partial charge < -0.3 is 14.1 Å². The average Bonchev–Trinajstić information content (AvgIpc) is 3.13. The molecule has 138 valence electrons. The minimum absolute atomic E-state index is 0.175. The summed E-state index contributed by atoms with van der Waals surface area (Å²) in [6.07, 6.45) is 2.81. The van der Waals surface area contributed by atoms with Crippen LogP contribution in [0.3, 0.4) is 0 Å². The van der Waals surface area contributed by atoms with Crippen molar-refractivity contribution in [3.8, 4) is 5.75 Å². The van der Waals surface area contributed by atoms with Gasteiger partial charge in [-0.2, -0.15) is 0 Å². The zero-order valence-electron chi connectivity index (χ0n) is 16.0. The van der Waals surface area contributed by atoms with Crippen molar-refractivity contribution in [2.45, 2.75) is 46.6 Å². The Kier molecular flexibility index (Phi) is 3.58. The maximum atomic E-state index is 12.3. The first kappa shape index (κ1) is 16.4. The van der Waals surface area contributed by atoms with Gasteiger partial charge in [0.2, 0.25) is 0 Å². The lowest BCUT2D eigenvalue weighted by Crippen LogP contribution is -2.32. The molecule has 0 radical (unpaired) electrons. The molecule has 4 heteroatoms. The van der Waals surface area contributed by atoms with Gasteiger partial charge in [-0.25, -0.2) is 4.79 Å². The van der Waals surface area contributed by atoms with Gasteiger partial charge in [-0.3, -0.25) is 0 Å². The summed E-state index contributed by atoms with van der Waals surface area (Å²) in [4.78, 5) is 14.6. The van der Waals surface area contributed by atoms with Gasteiger partial charge in [0, 0.05) is 34.3 Å². The van der Waals surface area contributed by atoms with Crippen LogP contribution in [0.2, 0.25) is 0 Å². The number of fused-ring (bicyclic) bond motifs is 4. The molecule has 1 aromatic heterocycles. The molecule has 2 aliphatic rings. The largest absolute Gasteiger partial charge is 0.472 e. The molecule has 1 aliphatic heterocycles. The van der Waals surface area contributed by atoms with Crippen molar-refractivity contribution in [1.29, 1.82) is 0 Å². The van der Waals surface area contributed by atoms with Crippen LogP contribution in [0.25, 0.3) is 11.0 Å². The lowest BCUT2D eigenvalue weighted by Gasteiger charge is -2.33. The predicted octanol–water partition coefficient (Wildman–Crippen LogP) is 4.56. The van der Waals surface area contributed by atoms with Crippen LogP contribution in [0, 0.1) is 20.8 Å². The fourth-order valence-corrected chi connectivity index (χ4v) is 4.65. The van der Waals surface area contributed by atoms with E-state index in [1.807, 2.05) is 6.92 Å². The highest BCUT2D eigenvalue weighted by molar-refractivity contribution is 5.88. The van der Waals surface area contributed by atoms with Crippen molar-refractivity contribution in [2.24, 2.45) is 0 Å². The smallest absolute Gasteiger partial charge is 0.339 e. The van der Waals surface area contributed by atoms with E-state index in [1.54, 1.807) is 0 Å². The Morgan fingerprint density at radius 1 is 1.04 bits per heavy atom. The molecule has 0 unspecified atom stereocenters. The fraction of sp³-hybridized carbons (Fsp3) is 0.348. The van der Waals surface area contributed by atoms with Crippen LogP contribution in [0.4, 0.5) is 5.69 Å². The Morgan fingerprint density at radius 2 is 1.85 bits per heavy atom. The molecule has 0 spiro atoms. The summed E-state index contributed by atoms with van der Waals surface area (Å²) < 4.78 is 11.8. The van der Waals surface area contributed by atoms with Gasteiger partial charge in [-0.15, -0.1) is 0 Å². The first-order chi connectivity index (χ1) is 13.0. The van der Waals surface area contributed by atoms with Crippen molar-refractivity contribution in [3.05, 3.63) is 68.1 Å². The molecule has 4 nitrogen and oxygen atoms in total. The number of hydrogen-bond donors (Lipinski definition) is 0. The van der Waals surface area contributed by atoms with Gasteiger partial charge >= 0.3 is 5.63 Å². The van der Waals surface area contributed by atoms with E-state index < -0.39 is 0 Å². The number of anilines is 1. The van der Waals surface area contributed by atoms with Crippen LogP contribution in [-0.2, 0) is 19.4 Å². The third kappa shape index (κ3) is 2.47. The summed E-state index contributed by atoms with van der Waals surface area (Å²) in [5.41, 5.74) is 8.39. The average molecular weight is 361 g/mol. The number of rotatable bonds is 1. The quantitative estimate of drug-likeness (QED) is 0.596. The van der Waals surface area contributed by atoms with E-state index in [9.17, 15) is 4.79 Å². The van der Waals surface area contributed by atoms with Crippen LogP contribution in [0.5, 0.6) is 5.75 Å². The second-order valence-corrected chi connectivity index (χ2v) is 7.83. The predicted molar refractivity (Wildman–Crippen MR) is 107 cm³/mol. The molecule has 0 saturated heterocycles. The van der Waals surface area contributed by atoms with Gasteiger partial charge in [0.15, 0.2) is 6.73 Å². The maximum Gasteiger partial charge on any atom is 0.339 e. The van der Waals surface area contributed by atoms with E-state index in [4.69, 9.17) is 9.15 Å².